The third-order valence-electron chi connectivity index (χ3n) is 3.27. The predicted octanol–water partition coefficient (Wildman–Crippen LogP) is 1.27. The molecule has 2 amide bonds. The van der Waals surface area contributed by atoms with Crippen LogP contribution >= 0.6 is 0 Å². The van der Waals surface area contributed by atoms with Gasteiger partial charge in [0.05, 0.1) is 16.2 Å². The van der Waals surface area contributed by atoms with Gasteiger partial charge < -0.3 is 0 Å². The highest BCUT2D eigenvalue weighted by molar-refractivity contribution is 5.93. The molecule has 0 saturated carbocycles. The fraction of sp³-hybridized carbons (Fsp3) is 0.188. The molecule has 25 heavy (non-hydrogen) atoms. The minimum atomic E-state index is -0.611. The number of para-hydroxylation sites is 1. The summed E-state index contributed by atoms with van der Waals surface area (Å²) in [5.74, 6) is -1.06. The van der Waals surface area contributed by atoms with Gasteiger partial charge in [0.2, 0.25) is 0 Å². The summed E-state index contributed by atoms with van der Waals surface area (Å²) in [4.78, 5) is 33.9. The van der Waals surface area contributed by atoms with E-state index in [-0.39, 0.29) is 17.8 Å². The molecule has 2 rings (SSSR count). The molecule has 0 atom stereocenters. The summed E-state index contributed by atoms with van der Waals surface area (Å²) < 4.78 is 1.51. The molecule has 0 spiro atoms. The van der Waals surface area contributed by atoms with Gasteiger partial charge in [0, 0.05) is 17.8 Å². The summed E-state index contributed by atoms with van der Waals surface area (Å²) >= 11 is 0. The highest BCUT2D eigenvalue weighted by Crippen LogP contribution is 2.18. The molecule has 0 fully saturated rings. The average molecular weight is 343 g/mol. The smallest absolute Gasteiger partial charge is 0.271 e. The van der Waals surface area contributed by atoms with Crippen LogP contribution in [0.25, 0.3) is 6.08 Å². The highest BCUT2D eigenvalue weighted by Gasteiger charge is 2.10. The lowest BCUT2D eigenvalue weighted by molar-refractivity contribution is -0.385. The summed E-state index contributed by atoms with van der Waals surface area (Å²) in [6.07, 6.45) is 2.41. The van der Waals surface area contributed by atoms with Gasteiger partial charge in [-0.1, -0.05) is 12.1 Å². The van der Waals surface area contributed by atoms with Gasteiger partial charge in [-0.05, 0) is 32.1 Å². The maximum Gasteiger partial charge on any atom is 0.276 e. The molecule has 0 bridgehead atoms. The number of aryl methyl sites for hydroxylation is 2. The van der Waals surface area contributed by atoms with E-state index in [0.29, 0.717) is 0 Å². The Morgan fingerprint density at radius 1 is 1.28 bits per heavy atom. The van der Waals surface area contributed by atoms with Crippen LogP contribution in [-0.4, -0.2) is 26.5 Å². The number of hydrogen-bond donors (Lipinski definition) is 2. The third-order valence-corrected chi connectivity index (χ3v) is 3.27. The Hall–Kier alpha value is -3.49. The summed E-state index contributed by atoms with van der Waals surface area (Å²) in [5, 5.41) is 15.0. The topological polar surface area (TPSA) is 119 Å². The first-order valence-corrected chi connectivity index (χ1v) is 7.38. The monoisotopic (exact) mass is 343 g/mol. The Kier molecular flexibility index (Phi) is 5.62. The number of benzene rings is 1. The lowest BCUT2D eigenvalue weighted by atomic mass is 10.1. The van der Waals surface area contributed by atoms with Crippen molar-refractivity contribution < 1.29 is 14.5 Å². The molecule has 1 aromatic carbocycles. The summed E-state index contributed by atoms with van der Waals surface area (Å²) in [5.41, 5.74) is 6.27. The maximum absolute atomic E-state index is 11.8. The second kappa shape index (κ2) is 7.86. The molecule has 0 unspecified atom stereocenters. The number of nitro benzene ring substituents is 1. The van der Waals surface area contributed by atoms with Gasteiger partial charge in [-0.15, -0.1) is 0 Å². The molecular formula is C16H17N5O4. The number of hydrogen-bond acceptors (Lipinski definition) is 5. The molecular weight excluding hydrogens is 326 g/mol. The molecule has 0 saturated heterocycles. The largest absolute Gasteiger partial charge is 0.276 e. The first-order chi connectivity index (χ1) is 11.9. The van der Waals surface area contributed by atoms with Gasteiger partial charge >= 0.3 is 0 Å². The first kappa shape index (κ1) is 17.9. The van der Waals surface area contributed by atoms with E-state index in [1.807, 2.05) is 19.9 Å². The van der Waals surface area contributed by atoms with E-state index >= 15 is 0 Å². The number of rotatable bonds is 5. The molecule has 2 aromatic rings. The molecule has 1 aromatic heterocycles. The number of nitrogens with zero attached hydrogens (tertiary/aromatic N) is 3. The molecule has 9 nitrogen and oxygen atoms in total. The Morgan fingerprint density at radius 2 is 2.00 bits per heavy atom. The fourth-order valence-electron chi connectivity index (χ4n) is 2.14. The van der Waals surface area contributed by atoms with Crippen LogP contribution < -0.4 is 10.9 Å². The highest BCUT2D eigenvalue weighted by atomic mass is 16.6. The lowest BCUT2D eigenvalue weighted by Crippen LogP contribution is -2.42. The molecule has 0 radical (unpaired) electrons. The van der Waals surface area contributed by atoms with Crippen LogP contribution in [0.15, 0.2) is 36.4 Å². The van der Waals surface area contributed by atoms with Crippen LogP contribution in [0.2, 0.25) is 0 Å². The van der Waals surface area contributed by atoms with E-state index in [1.165, 1.54) is 29.0 Å². The van der Waals surface area contributed by atoms with Crippen LogP contribution in [0.5, 0.6) is 0 Å². The SMILES string of the molecule is Cc1cc(C)n(CC(=O)NNC(=O)/C=C/c2ccccc2[N+](=O)[O-])n1. The van der Waals surface area contributed by atoms with Crippen LogP contribution in [0.3, 0.4) is 0 Å². The molecule has 0 aliphatic rings. The Bertz CT molecular complexity index is 841. The molecule has 0 aliphatic carbocycles. The minimum Gasteiger partial charge on any atom is -0.271 e. The van der Waals surface area contributed by atoms with E-state index in [2.05, 4.69) is 16.0 Å². The van der Waals surface area contributed by atoms with Gasteiger partial charge in [-0.2, -0.15) is 5.10 Å². The van der Waals surface area contributed by atoms with Crippen molar-refractivity contribution in [3.63, 3.8) is 0 Å². The van der Waals surface area contributed by atoms with Crippen LogP contribution in [-0.2, 0) is 16.1 Å². The second-order valence-corrected chi connectivity index (χ2v) is 5.27. The van der Waals surface area contributed by atoms with Gasteiger partial charge in [-0.25, -0.2) is 0 Å². The quantitative estimate of drug-likeness (QED) is 0.481. The standard InChI is InChI=1S/C16H17N5O4/c1-11-9-12(2)20(19-11)10-16(23)18-17-15(22)8-7-13-5-3-4-6-14(13)21(24)25/h3-9H,10H2,1-2H3,(H,17,22)(H,18,23)/b8-7+. The molecule has 2 N–H and O–H groups in total. The number of nitro groups is 1. The molecule has 9 heteroatoms. The maximum atomic E-state index is 11.8. The zero-order valence-electron chi connectivity index (χ0n) is 13.7. The van der Waals surface area contributed by atoms with Crippen LogP contribution in [0.1, 0.15) is 17.0 Å². The zero-order valence-corrected chi connectivity index (χ0v) is 13.7. The van der Waals surface area contributed by atoms with Gasteiger partial charge in [0.1, 0.15) is 6.54 Å². The number of carbonyl (C=O) groups excluding carboxylic acids is 2. The second-order valence-electron chi connectivity index (χ2n) is 5.27. The first-order valence-electron chi connectivity index (χ1n) is 7.38. The molecule has 1 heterocycles. The van der Waals surface area contributed by atoms with E-state index in [0.717, 1.165) is 17.5 Å². The van der Waals surface area contributed by atoms with Gasteiger partial charge in [-0.3, -0.25) is 35.2 Å². The van der Waals surface area contributed by atoms with Crippen molar-refractivity contribution in [1.82, 2.24) is 20.6 Å². The van der Waals surface area contributed by atoms with Crippen molar-refractivity contribution in [1.29, 1.82) is 0 Å². The van der Waals surface area contributed by atoms with Crippen molar-refractivity contribution in [2.75, 3.05) is 0 Å². The number of aromatic nitrogens is 2. The number of nitrogens with one attached hydrogen (secondary N) is 2. The summed E-state index contributed by atoms with van der Waals surface area (Å²) in [6, 6.07) is 7.86. The van der Waals surface area contributed by atoms with Crippen molar-refractivity contribution >= 4 is 23.6 Å². The van der Waals surface area contributed by atoms with Crippen LogP contribution in [0.4, 0.5) is 5.69 Å². The van der Waals surface area contributed by atoms with Crippen molar-refractivity contribution in [2.24, 2.45) is 0 Å². The summed E-state index contributed by atoms with van der Waals surface area (Å²) in [7, 11) is 0. The van der Waals surface area contributed by atoms with Crippen molar-refractivity contribution in [3.8, 4) is 0 Å². The predicted molar refractivity (Wildman–Crippen MR) is 90.1 cm³/mol. The lowest BCUT2D eigenvalue weighted by Gasteiger charge is -2.06. The number of hydrazine groups is 1. The van der Waals surface area contributed by atoms with E-state index in [9.17, 15) is 19.7 Å². The van der Waals surface area contributed by atoms with Crippen LogP contribution in [0, 0.1) is 24.0 Å². The zero-order chi connectivity index (χ0) is 18.4. The van der Waals surface area contributed by atoms with Crippen molar-refractivity contribution in [2.45, 2.75) is 20.4 Å². The van der Waals surface area contributed by atoms with Gasteiger partial charge in [0.15, 0.2) is 0 Å². The summed E-state index contributed by atoms with van der Waals surface area (Å²) in [6.45, 7) is 3.60. The van der Waals surface area contributed by atoms with Crippen molar-refractivity contribution in [3.05, 3.63) is 63.5 Å². The van der Waals surface area contributed by atoms with E-state index < -0.39 is 16.7 Å². The van der Waals surface area contributed by atoms with E-state index in [1.54, 1.807) is 6.07 Å². The number of amides is 2. The van der Waals surface area contributed by atoms with E-state index in [4.69, 9.17) is 0 Å². The minimum absolute atomic E-state index is 0.0339. The Labute approximate surface area is 143 Å². The molecule has 130 valence electrons. The van der Waals surface area contributed by atoms with Gasteiger partial charge in [0.25, 0.3) is 17.5 Å². The number of carbonyl (C=O) groups is 2. The Morgan fingerprint density at radius 3 is 2.64 bits per heavy atom. The molecule has 0 aliphatic heterocycles. The Balaban J connectivity index is 1.89. The third kappa shape index (κ3) is 4.99. The normalized spacial score (nSPS) is 10.6. The fourth-order valence-corrected chi connectivity index (χ4v) is 2.14. The average Bonchev–Trinajstić information content (AvgIpc) is 2.88.